The van der Waals surface area contributed by atoms with Crippen LogP contribution >= 0.6 is 11.8 Å². The Kier molecular flexibility index (Phi) is 3.73. The zero-order valence-corrected chi connectivity index (χ0v) is 11.1. The van der Waals surface area contributed by atoms with Crippen LogP contribution in [0.5, 0.6) is 0 Å². The third-order valence-electron chi connectivity index (χ3n) is 2.46. The quantitative estimate of drug-likeness (QED) is 0.852. The maximum absolute atomic E-state index is 11.9. The molecule has 0 amide bonds. The second kappa shape index (κ2) is 5.10. The molecule has 0 radical (unpaired) electrons. The molecule has 0 unspecified atom stereocenters. The van der Waals surface area contributed by atoms with Crippen LogP contribution in [-0.2, 0) is 10.0 Å². The first kappa shape index (κ1) is 12.4. The summed E-state index contributed by atoms with van der Waals surface area (Å²) in [5, 5.41) is 3.95. The van der Waals surface area contributed by atoms with Crippen LogP contribution < -0.4 is 4.83 Å². The van der Waals surface area contributed by atoms with E-state index in [1.807, 2.05) is 6.92 Å². The lowest BCUT2D eigenvalue weighted by atomic mass is 10.2. The Labute approximate surface area is 106 Å². The number of hydrazone groups is 1. The summed E-state index contributed by atoms with van der Waals surface area (Å²) in [5.74, 6) is 1.83. The van der Waals surface area contributed by atoms with Gasteiger partial charge in [-0.25, -0.2) is 4.83 Å². The molecule has 0 aromatic heterocycles. The van der Waals surface area contributed by atoms with E-state index in [0.717, 1.165) is 29.2 Å². The van der Waals surface area contributed by atoms with Crippen molar-refractivity contribution in [1.82, 2.24) is 4.83 Å². The van der Waals surface area contributed by atoms with E-state index in [0.29, 0.717) is 0 Å². The summed E-state index contributed by atoms with van der Waals surface area (Å²) in [6.07, 6.45) is 0.862. The fraction of sp³-hybridized carbons (Fsp3) is 0.364. The monoisotopic (exact) mass is 270 g/mol. The van der Waals surface area contributed by atoms with Crippen LogP contribution in [0.25, 0.3) is 0 Å². The Hall–Kier alpha value is -1.01. The van der Waals surface area contributed by atoms with E-state index in [4.69, 9.17) is 0 Å². The van der Waals surface area contributed by atoms with E-state index in [2.05, 4.69) is 9.93 Å². The lowest BCUT2D eigenvalue weighted by Crippen LogP contribution is -2.20. The zero-order valence-electron chi connectivity index (χ0n) is 9.51. The van der Waals surface area contributed by atoms with Gasteiger partial charge in [0.05, 0.1) is 4.90 Å². The second-order valence-electron chi connectivity index (χ2n) is 3.89. The van der Waals surface area contributed by atoms with Gasteiger partial charge in [0.1, 0.15) is 0 Å². The molecule has 1 saturated heterocycles. The molecule has 0 spiro atoms. The second-order valence-corrected chi connectivity index (χ2v) is 6.65. The van der Waals surface area contributed by atoms with Crippen molar-refractivity contribution in [2.24, 2.45) is 5.10 Å². The van der Waals surface area contributed by atoms with Gasteiger partial charge in [0.25, 0.3) is 10.0 Å². The first-order valence-corrected chi connectivity index (χ1v) is 7.93. The van der Waals surface area contributed by atoms with Gasteiger partial charge < -0.3 is 0 Å². The van der Waals surface area contributed by atoms with Crippen LogP contribution in [0.1, 0.15) is 12.0 Å². The van der Waals surface area contributed by atoms with Crippen LogP contribution in [-0.4, -0.2) is 25.6 Å². The van der Waals surface area contributed by atoms with Gasteiger partial charge in [-0.3, -0.25) is 0 Å². The highest BCUT2D eigenvalue weighted by atomic mass is 32.2. The van der Waals surface area contributed by atoms with Gasteiger partial charge in [-0.2, -0.15) is 25.3 Å². The van der Waals surface area contributed by atoms with Crippen LogP contribution in [0, 0.1) is 6.92 Å². The lowest BCUT2D eigenvalue weighted by Gasteiger charge is -2.04. The van der Waals surface area contributed by atoms with Crippen molar-refractivity contribution in [3.05, 3.63) is 29.8 Å². The van der Waals surface area contributed by atoms with Crippen molar-refractivity contribution in [1.29, 1.82) is 0 Å². The summed E-state index contributed by atoms with van der Waals surface area (Å²) in [4.78, 5) is 2.53. The molecule has 1 aliphatic heterocycles. The largest absolute Gasteiger partial charge is 0.276 e. The number of benzene rings is 1. The minimum Gasteiger partial charge on any atom is -0.200 e. The number of nitrogens with zero attached hydrogens (tertiary/aromatic N) is 1. The topological polar surface area (TPSA) is 58.5 Å². The Bertz CT molecular complexity index is 513. The number of nitrogens with one attached hydrogen (secondary N) is 1. The summed E-state index contributed by atoms with van der Waals surface area (Å²) in [6.45, 7) is 1.92. The van der Waals surface area contributed by atoms with Gasteiger partial charge in [0, 0.05) is 11.5 Å². The van der Waals surface area contributed by atoms with Gasteiger partial charge in [-0.15, -0.1) is 0 Å². The molecule has 17 heavy (non-hydrogen) atoms. The van der Waals surface area contributed by atoms with Crippen LogP contribution in [0.3, 0.4) is 0 Å². The number of rotatable bonds is 3. The van der Waals surface area contributed by atoms with E-state index >= 15 is 0 Å². The van der Waals surface area contributed by atoms with Crippen LogP contribution in [0.4, 0.5) is 0 Å². The minimum absolute atomic E-state index is 0.248. The summed E-state index contributed by atoms with van der Waals surface area (Å²) in [5.41, 5.74) is 1.94. The molecule has 1 aromatic carbocycles. The molecule has 0 bridgehead atoms. The molecule has 0 atom stereocenters. The number of hydrogen-bond acceptors (Lipinski definition) is 4. The Morgan fingerprint density at radius 3 is 2.59 bits per heavy atom. The SMILES string of the molecule is Cc1ccc(S(=O)(=O)N/N=C2\CCSC2)cc1. The molecular weight excluding hydrogens is 256 g/mol. The Morgan fingerprint density at radius 2 is 2.00 bits per heavy atom. The summed E-state index contributed by atoms with van der Waals surface area (Å²) >= 11 is 1.76. The third kappa shape index (κ3) is 3.23. The fourth-order valence-corrected chi connectivity index (χ4v) is 3.25. The zero-order chi connectivity index (χ0) is 12.3. The standard InChI is InChI=1S/C11H14N2O2S2/c1-9-2-4-11(5-3-9)17(14,15)13-12-10-6-7-16-8-10/h2-5,13H,6-8H2,1H3/b12-10+. The van der Waals surface area contributed by atoms with Crippen molar-refractivity contribution < 1.29 is 8.42 Å². The molecule has 0 aliphatic carbocycles. The molecule has 2 rings (SSSR count). The van der Waals surface area contributed by atoms with E-state index in [1.54, 1.807) is 36.0 Å². The number of sulfonamides is 1. The summed E-state index contributed by atoms with van der Waals surface area (Å²) in [7, 11) is -3.51. The average Bonchev–Trinajstić information content (AvgIpc) is 2.80. The summed E-state index contributed by atoms with van der Waals surface area (Å²) in [6, 6.07) is 6.71. The van der Waals surface area contributed by atoms with E-state index < -0.39 is 10.0 Å². The van der Waals surface area contributed by atoms with Gasteiger partial charge in [-0.1, -0.05) is 17.7 Å². The van der Waals surface area contributed by atoms with Crippen LogP contribution in [0.15, 0.2) is 34.3 Å². The lowest BCUT2D eigenvalue weighted by molar-refractivity contribution is 0.584. The highest BCUT2D eigenvalue weighted by Gasteiger charge is 2.14. The minimum atomic E-state index is -3.51. The van der Waals surface area contributed by atoms with Crippen LogP contribution in [0.2, 0.25) is 0 Å². The van der Waals surface area contributed by atoms with Gasteiger partial charge >= 0.3 is 0 Å². The normalized spacial score (nSPS) is 18.5. The molecule has 1 fully saturated rings. The molecule has 0 saturated carbocycles. The first-order chi connectivity index (χ1) is 8.08. The van der Waals surface area contributed by atoms with Crippen molar-refractivity contribution >= 4 is 27.5 Å². The Balaban J connectivity index is 2.13. The molecule has 6 heteroatoms. The van der Waals surface area contributed by atoms with Gasteiger partial charge in [0.15, 0.2) is 0 Å². The molecule has 1 N–H and O–H groups in total. The number of hydrogen-bond donors (Lipinski definition) is 1. The molecule has 1 aromatic rings. The number of thioether (sulfide) groups is 1. The predicted molar refractivity (Wildman–Crippen MR) is 70.9 cm³/mol. The smallest absolute Gasteiger partial charge is 0.200 e. The molecule has 4 nitrogen and oxygen atoms in total. The molecular formula is C11H14N2O2S2. The van der Waals surface area contributed by atoms with E-state index in [-0.39, 0.29) is 4.90 Å². The fourth-order valence-electron chi connectivity index (χ4n) is 1.44. The van der Waals surface area contributed by atoms with Crippen molar-refractivity contribution in [3.8, 4) is 0 Å². The Morgan fingerprint density at radius 1 is 1.29 bits per heavy atom. The van der Waals surface area contributed by atoms with Crippen molar-refractivity contribution in [2.75, 3.05) is 11.5 Å². The van der Waals surface area contributed by atoms with E-state index in [1.165, 1.54) is 0 Å². The van der Waals surface area contributed by atoms with Crippen molar-refractivity contribution in [2.45, 2.75) is 18.2 Å². The molecule has 1 aliphatic rings. The van der Waals surface area contributed by atoms with Gasteiger partial charge in [-0.05, 0) is 31.2 Å². The maximum Gasteiger partial charge on any atom is 0.276 e. The first-order valence-electron chi connectivity index (χ1n) is 5.29. The third-order valence-corrected chi connectivity index (χ3v) is 4.71. The average molecular weight is 270 g/mol. The summed E-state index contributed by atoms with van der Waals surface area (Å²) < 4.78 is 23.8. The highest BCUT2D eigenvalue weighted by Crippen LogP contribution is 2.15. The number of aryl methyl sites for hydroxylation is 1. The van der Waals surface area contributed by atoms with E-state index in [9.17, 15) is 8.42 Å². The predicted octanol–water partition coefficient (Wildman–Crippen LogP) is 1.77. The molecule has 92 valence electrons. The highest BCUT2D eigenvalue weighted by molar-refractivity contribution is 8.00. The maximum atomic E-state index is 11.9. The van der Waals surface area contributed by atoms with Gasteiger partial charge in [0.2, 0.25) is 0 Å². The van der Waals surface area contributed by atoms with Crippen molar-refractivity contribution in [3.63, 3.8) is 0 Å². The molecule has 1 heterocycles.